The van der Waals surface area contributed by atoms with Crippen molar-refractivity contribution in [3.8, 4) is 0 Å². The van der Waals surface area contributed by atoms with Gasteiger partial charge < -0.3 is 50.1 Å². The van der Waals surface area contributed by atoms with Crippen LogP contribution < -0.4 is 11.1 Å². The van der Waals surface area contributed by atoms with Gasteiger partial charge in [0.05, 0.1) is 12.3 Å². The number of esters is 5. The standard InChI is InChI=1S/C46H72N2O15/c1-8-10-11-17-20-24-35(52)60-39-37-36(29(4)38(39)61-42(55)28(3)9-2)40-46(58,45(7,57)43(56)62-40)32(27-44(37,6)63-30(5)49)59-34(51)23-21-18-15-13-12-14-16-19-22-25-48-33(50)26-31(47)41(53)54/h9,31-32,37-40,57-58H,8,10-27,47H2,1-7H3,(H,48,50)(H,53,54). The lowest BCUT2D eigenvalue weighted by Gasteiger charge is -2.41. The number of carbonyl (C=O) groups is 7. The molecule has 3 aliphatic rings. The summed E-state index contributed by atoms with van der Waals surface area (Å²) in [4.78, 5) is 89.3. The minimum Gasteiger partial charge on any atom is -0.480 e. The van der Waals surface area contributed by atoms with E-state index < -0.39 is 95.4 Å². The maximum absolute atomic E-state index is 13.6. The maximum Gasteiger partial charge on any atom is 0.341 e. The molecule has 356 valence electrons. The number of nitrogens with one attached hydrogen (secondary N) is 1. The molecule has 1 saturated heterocycles. The predicted molar refractivity (Wildman–Crippen MR) is 228 cm³/mol. The van der Waals surface area contributed by atoms with E-state index in [0.29, 0.717) is 25.8 Å². The van der Waals surface area contributed by atoms with E-state index in [4.69, 9.17) is 34.5 Å². The molecule has 17 heteroatoms. The van der Waals surface area contributed by atoms with E-state index >= 15 is 0 Å². The third kappa shape index (κ3) is 13.6. The molecule has 0 bridgehead atoms. The fourth-order valence-electron chi connectivity index (χ4n) is 8.91. The smallest absolute Gasteiger partial charge is 0.341 e. The maximum atomic E-state index is 13.6. The summed E-state index contributed by atoms with van der Waals surface area (Å²) < 4.78 is 29.9. The molecule has 1 amide bonds. The highest BCUT2D eigenvalue weighted by Crippen LogP contribution is 2.57. The van der Waals surface area contributed by atoms with Crippen LogP contribution in [0.15, 0.2) is 22.8 Å². The van der Waals surface area contributed by atoms with Crippen LogP contribution in [0.4, 0.5) is 0 Å². The van der Waals surface area contributed by atoms with Crippen molar-refractivity contribution >= 4 is 41.7 Å². The van der Waals surface area contributed by atoms with Gasteiger partial charge in [-0.3, -0.25) is 24.0 Å². The molecule has 63 heavy (non-hydrogen) atoms. The number of carboxylic acids is 1. The van der Waals surface area contributed by atoms with Crippen molar-refractivity contribution in [2.75, 3.05) is 6.54 Å². The fourth-order valence-corrected chi connectivity index (χ4v) is 8.91. The third-order valence-corrected chi connectivity index (χ3v) is 12.7. The molecule has 2 fully saturated rings. The van der Waals surface area contributed by atoms with Gasteiger partial charge in [-0.15, -0.1) is 0 Å². The first-order valence-corrected chi connectivity index (χ1v) is 22.7. The van der Waals surface area contributed by atoms with Crippen molar-refractivity contribution in [1.29, 1.82) is 0 Å². The molecule has 0 spiro atoms. The quantitative estimate of drug-likeness (QED) is 0.0253. The first-order valence-electron chi connectivity index (χ1n) is 22.7. The SMILES string of the molecule is CC=C(C)C(=O)OC1C(C)=C2C(C1OC(=O)CCCCCCC)C(C)(OC(C)=O)CC(OC(=O)CCCCCCCCCCCNC(=O)CC(N)C(=O)O)C1(O)C2OC(=O)C1(C)O. The summed E-state index contributed by atoms with van der Waals surface area (Å²) in [5.41, 5.74) is -0.979. The molecular formula is C46H72N2O15. The summed E-state index contributed by atoms with van der Waals surface area (Å²) >= 11 is 0. The van der Waals surface area contributed by atoms with E-state index in [1.807, 2.05) is 0 Å². The van der Waals surface area contributed by atoms with Crippen LogP contribution in [0, 0.1) is 5.92 Å². The molecule has 1 saturated carbocycles. The first-order chi connectivity index (χ1) is 29.7. The highest BCUT2D eigenvalue weighted by atomic mass is 16.6. The minimum atomic E-state index is -2.63. The van der Waals surface area contributed by atoms with E-state index in [-0.39, 0.29) is 41.9 Å². The predicted octanol–water partition coefficient (Wildman–Crippen LogP) is 4.95. The zero-order valence-corrected chi connectivity index (χ0v) is 38.3. The average molecular weight is 893 g/mol. The number of unbranched alkanes of at least 4 members (excludes halogenated alkanes) is 12. The van der Waals surface area contributed by atoms with Gasteiger partial charge in [0, 0.05) is 38.3 Å². The van der Waals surface area contributed by atoms with E-state index in [9.17, 15) is 43.8 Å². The Kier molecular flexibility index (Phi) is 20.3. The van der Waals surface area contributed by atoms with Crippen LogP contribution in [-0.2, 0) is 57.2 Å². The van der Waals surface area contributed by atoms with Crippen LogP contribution in [0.25, 0.3) is 0 Å². The number of aliphatic hydroxyl groups is 2. The van der Waals surface area contributed by atoms with Crippen molar-refractivity contribution in [2.45, 2.75) is 211 Å². The molecule has 2 aliphatic carbocycles. The van der Waals surface area contributed by atoms with Crippen molar-refractivity contribution in [2.24, 2.45) is 11.7 Å². The van der Waals surface area contributed by atoms with Gasteiger partial charge in [0.2, 0.25) is 5.91 Å². The van der Waals surface area contributed by atoms with Crippen molar-refractivity contribution in [1.82, 2.24) is 5.32 Å². The Labute approximate surface area is 371 Å². The highest BCUT2D eigenvalue weighted by Gasteiger charge is 2.76. The Balaban J connectivity index is 1.76. The summed E-state index contributed by atoms with van der Waals surface area (Å²) in [6, 6.07) is -1.22. The van der Waals surface area contributed by atoms with Crippen LogP contribution in [0.1, 0.15) is 164 Å². The van der Waals surface area contributed by atoms with Gasteiger partial charge in [-0.25, -0.2) is 9.59 Å². The van der Waals surface area contributed by atoms with Gasteiger partial charge in [0.25, 0.3) is 0 Å². The number of carbonyl (C=O) groups excluding carboxylic acids is 6. The third-order valence-electron chi connectivity index (χ3n) is 12.7. The number of hydrogen-bond acceptors (Lipinski definition) is 15. The zero-order chi connectivity index (χ0) is 47.1. The fraction of sp³-hybridized carbons (Fsp3) is 0.761. The molecule has 1 heterocycles. The van der Waals surface area contributed by atoms with E-state index in [1.54, 1.807) is 26.8 Å². The molecule has 9 atom stereocenters. The van der Waals surface area contributed by atoms with Crippen LogP contribution >= 0.6 is 0 Å². The molecule has 0 aromatic heterocycles. The summed E-state index contributed by atoms with van der Waals surface area (Å²) in [6.45, 7) is 11.1. The Hall–Kier alpha value is -4.35. The molecule has 17 nitrogen and oxygen atoms in total. The first kappa shape index (κ1) is 53.0. The molecule has 0 aromatic carbocycles. The Morgan fingerprint density at radius 3 is 1.94 bits per heavy atom. The molecule has 3 rings (SSSR count). The Bertz CT molecular complexity index is 1710. The normalized spacial score (nSPS) is 28.3. The second kappa shape index (κ2) is 24.1. The zero-order valence-electron chi connectivity index (χ0n) is 38.3. The number of carboxylic acid groups (broad SMARTS) is 1. The van der Waals surface area contributed by atoms with Crippen LogP contribution in [0.5, 0.6) is 0 Å². The number of allylic oxidation sites excluding steroid dienone is 1. The number of amides is 1. The van der Waals surface area contributed by atoms with Crippen molar-refractivity contribution in [3.63, 3.8) is 0 Å². The Morgan fingerprint density at radius 2 is 1.40 bits per heavy atom. The second-order valence-electron chi connectivity index (χ2n) is 17.7. The number of ether oxygens (including phenoxy) is 5. The van der Waals surface area contributed by atoms with Gasteiger partial charge >= 0.3 is 35.8 Å². The van der Waals surface area contributed by atoms with Gasteiger partial charge in [-0.1, -0.05) is 83.6 Å². The van der Waals surface area contributed by atoms with Crippen molar-refractivity contribution < 1.29 is 72.6 Å². The largest absolute Gasteiger partial charge is 0.480 e. The van der Waals surface area contributed by atoms with Crippen LogP contribution in [0.3, 0.4) is 0 Å². The molecule has 1 aliphatic heterocycles. The van der Waals surface area contributed by atoms with Crippen LogP contribution in [0.2, 0.25) is 0 Å². The van der Waals surface area contributed by atoms with Crippen molar-refractivity contribution in [3.05, 3.63) is 22.8 Å². The minimum absolute atomic E-state index is 0.0481. The number of aliphatic carboxylic acids is 1. The summed E-state index contributed by atoms with van der Waals surface area (Å²) in [6.07, 6.45) is 6.70. The molecule has 6 N–H and O–H groups in total. The second-order valence-corrected chi connectivity index (χ2v) is 17.7. The lowest BCUT2D eigenvalue weighted by Crippen LogP contribution is -2.64. The lowest BCUT2D eigenvalue weighted by atomic mass is 9.75. The molecule has 0 aromatic rings. The van der Waals surface area contributed by atoms with E-state index in [0.717, 1.165) is 77.6 Å². The summed E-state index contributed by atoms with van der Waals surface area (Å²) in [5.74, 6) is -6.78. The average Bonchev–Trinajstić information content (AvgIpc) is 3.54. The van der Waals surface area contributed by atoms with Gasteiger partial charge in [0.15, 0.2) is 29.5 Å². The summed E-state index contributed by atoms with van der Waals surface area (Å²) in [7, 11) is 0. The number of fused-ring (bicyclic) bond motifs is 3. The van der Waals surface area contributed by atoms with Gasteiger partial charge in [0.1, 0.15) is 17.7 Å². The van der Waals surface area contributed by atoms with E-state index in [2.05, 4.69) is 12.2 Å². The number of nitrogens with two attached hydrogens (primary N) is 1. The molecule has 9 unspecified atom stereocenters. The Morgan fingerprint density at radius 1 is 0.857 bits per heavy atom. The highest BCUT2D eigenvalue weighted by molar-refractivity contribution is 5.88. The number of rotatable bonds is 26. The summed E-state index contributed by atoms with van der Waals surface area (Å²) in [5, 5.41) is 35.9. The van der Waals surface area contributed by atoms with E-state index in [1.165, 1.54) is 13.8 Å². The molecule has 0 radical (unpaired) electrons. The van der Waals surface area contributed by atoms with Gasteiger partial charge in [-0.2, -0.15) is 0 Å². The van der Waals surface area contributed by atoms with Crippen LogP contribution in [-0.4, -0.2) is 111 Å². The monoisotopic (exact) mass is 892 g/mol. The van der Waals surface area contributed by atoms with Gasteiger partial charge in [-0.05, 0) is 65.0 Å². The lowest BCUT2D eigenvalue weighted by molar-refractivity contribution is -0.212. The number of hydrogen-bond donors (Lipinski definition) is 5. The topological polar surface area (TPSA) is 264 Å². The molecular weight excluding hydrogens is 821 g/mol.